The van der Waals surface area contributed by atoms with Gasteiger partial charge in [0.25, 0.3) is 11.8 Å². The van der Waals surface area contributed by atoms with Gasteiger partial charge in [-0.15, -0.1) is 5.10 Å². The molecule has 1 aromatic heterocycles. The van der Waals surface area contributed by atoms with Gasteiger partial charge in [0, 0.05) is 42.9 Å². The van der Waals surface area contributed by atoms with Gasteiger partial charge < -0.3 is 19.8 Å². The summed E-state index contributed by atoms with van der Waals surface area (Å²) >= 11 is 0. The number of hydrogen-bond acceptors (Lipinski definition) is 7. The fraction of sp³-hybridized carbons (Fsp3) is 0.211. The van der Waals surface area contributed by atoms with Gasteiger partial charge in [-0.05, 0) is 54.4 Å². The minimum atomic E-state index is -1.73. The van der Waals surface area contributed by atoms with Gasteiger partial charge in [0.15, 0.2) is 11.4 Å². The number of aliphatic hydroxyl groups is 2. The van der Waals surface area contributed by atoms with Gasteiger partial charge in [0.2, 0.25) is 0 Å². The second-order valence-corrected chi connectivity index (χ2v) is 12.0. The summed E-state index contributed by atoms with van der Waals surface area (Å²) in [5.74, 6) is -0.0162. The SMILES string of the molecule is C[C@@H](/C=C/CCn1cc(CCO)nn1)[C@]1(O)C(=O)N(Cc2ccc(N3C(=O)c4ccccc4Oc4ccccc43)cc2)c2ccccc21. The van der Waals surface area contributed by atoms with Crippen LogP contribution in [-0.4, -0.2) is 43.6 Å². The van der Waals surface area contributed by atoms with Crippen LogP contribution in [0.2, 0.25) is 0 Å². The quantitative estimate of drug-likeness (QED) is 0.182. The molecule has 0 bridgehead atoms. The van der Waals surface area contributed by atoms with Crippen LogP contribution in [-0.2, 0) is 29.9 Å². The van der Waals surface area contributed by atoms with Crippen molar-refractivity contribution in [3.8, 4) is 11.5 Å². The van der Waals surface area contributed by atoms with Crippen LogP contribution < -0.4 is 14.5 Å². The molecule has 2 aliphatic rings. The Kier molecular flexibility index (Phi) is 8.34. The molecule has 0 aliphatic carbocycles. The number of aromatic nitrogens is 3. The lowest BCUT2D eigenvalue weighted by atomic mass is 9.83. The first-order chi connectivity index (χ1) is 23.4. The molecule has 2 atom stereocenters. The third-order valence-corrected chi connectivity index (χ3v) is 8.92. The smallest absolute Gasteiger partial charge is 0.266 e. The summed E-state index contributed by atoms with van der Waals surface area (Å²) in [6.45, 7) is 2.69. The zero-order valence-corrected chi connectivity index (χ0v) is 26.4. The molecule has 5 aromatic rings. The Morgan fingerprint density at radius 2 is 1.60 bits per heavy atom. The lowest BCUT2D eigenvalue weighted by Gasteiger charge is -2.28. The summed E-state index contributed by atoms with van der Waals surface area (Å²) in [4.78, 5) is 31.1. The maximum absolute atomic E-state index is 14.0. The number of carbonyl (C=O) groups excluding carboxylic acids is 2. The van der Waals surface area contributed by atoms with Crippen molar-refractivity contribution in [3.63, 3.8) is 0 Å². The number of aryl methyl sites for hydroxylation is 1. The van der Waals surface area contributed by atoms with E-state index in [1.165, 1.54) is 0 Å². The Hall–Kier alpha value is -5.58. The minimum Gasteiger partial charge on any atom is -0.454 e. The molecular formula is C38H35N5O5. The Labute approximate surface area is 278 Å². The molecule has 0 fully saturated rings. The molecule has 0 unspecified atom stereocenters. The van der Waals surface area contributed by atoms with E-state index in [4.69, 9.17) is 9.84 Å². The van der Waals surface area contributed by atoms with Gasteiger partial charge in [-0.25, -0.2) is 0 Å². The van der Waals surface area contributed by atoms with Crippen molar-refractivity contribution in [2.75, 3.05) is 16.4 Å². The van der Waals surface area contributed by atoms with Crippen molar-refractivity contribution in [1.29, 1.82) is 0 Å². The Balaban J connectivity index is 1.10. The van der Waals surface area contributed by atoms with Crippen LogP contribution in [0.3, 0.4) is 0 Å². The van der Waals surface area contributed by atoms with Crippen molar-refractivity contribution >= 4 is 28.9 Å². The second-order valence-electron chi connectivity index (χ2n) is 12.0. The fourth-order valence-electron chi connectivity index (χ4n) is 6.38. The van der Waals surface area contributed by atoms with Gasteiger partial charge in [0.1, 0.15) is 5.75 Å². The third kappa shape index (κ3) is 5.55. The van der Waals surface area contributed by atoms with Crippen molar-refractivity contribution in [3.05, 3.63) is 138 Å². The van der Waals surface area contributed by atoms with Gasteiger partial charge >= 0.3 is 0 Å². The fourth-order valence-corrected chi connectivity index (χ4v) is 6.38. The van der Waals surface area contributed by atoms with Crippen LogP contribution in [0.1, 0.15) is 40.5 Å². The number of aliphatic hydroxyl groups excluding tert-OH is 1. The van der Waals surface area contributed by atoms with Crippen LogP contribution in [0.15, 0.2) is 115 Å². The number of ether oxygens (including phenoxy) is 1. The van der Waals surface area contributed by atoms with E-state index in [1.54, 1.807) is 38.9 Å². The van der Waals surface area contributed by atoms with E-state index in [0.29, 0.717) is 59.1 Å². The third-order valence-electron chi connectivity index (χ3n) is 8.92. The topological polar surface area (TPSA) is 121 Å². The Morgan fingerprint density at radius 1 is 0.896 bits per heavy atom. The van der Waals surface area contributed by atoms with Crippen LogP contribution in [0, 0.1) is 5.92 Å². The number of nitrogens with zero attached hydrogens (tertiary/aromatic N) is 5. The number of carbonyl (C=O) groups is 2. The normalized spacial score (nSPS) is 17.6. The largest absolute Gasteiger partial charge is 0.454 e. The molecule has 10 nitrogen and oxygen atoms in total. The van der Waals surface area contributed by atoms with Crippen LogP contribution in [0.4, 0.5) is 17.1 Å². The minimum absolute atomic E-state index is 0.0203. The van der Waals surface area contributed by atoms with E-state index in [0.717, 1.165) is 11.3 Å². The van der Waals surface area contributed by atoms with Crippen molar-refractivity contribution in [1.82, 2.24) is 15.0 Å². The first kappa shape index (κ1) is 31.0. The maximum Gasteiger partial charge on any atom is 0.266 e. The molecule has 4 aromatic carbocycles. The lowest BCUT2D eigenvalue weighted by molar-refractivity contribution is -0.139. The summed E-state index contributed by atoms with van der Waals surface area (Å²) in [6, 6.07) is 29.5. The van der Waals surface area contributed by atoms with Crippen LogP contribution in [0.5, 0.6) is 11.5 Å². The van der Waals surface area contributed by atoms with Crippen molar-refractivity contribution < 1.29 is 24.5 Å². The molecule has 48 heavy (non-hydrogen) atoms. The highest BCUT2D eigenvalue weighted by Crippen LogP contribution is 2.46. The van der Waals surface area contributed by atoms with E-state index < -0.39 is 11.5 Å². The molecule has 2 N–H and O–H groups in total. The molecule has 2 aliphatic heterocycles. The molecule has 10 heteroatoms. The van der Waals surface area contributed by atoms with Crippen molar-refractivity contribution in [2.24, 2.45) is 5.92 Å². The summed E-state index contributed by atoms with van der Waals surface area (Å²) in [5, 5.41) is 29.2. The number of anilines is 3. The molecule has 3 heterocycles. The first-order valence-corrected chi connectivity index (χ1v) is 16.0. The van der Waals surface area contributed by atoms with Gasteiger partial charge in [-0.3, -0.25) is 19.2 Å². The lowest BCUT2D eigenvalue weighted by Crippen LogP contribution is -2.44. The predicted molar refractivity (Wildman–Crippen MR) is 181 cm³/mol. The molecule has 0 radical (unpaired) electrons. The first-order valence-electron chi connectivity index (χ1n) is 16.0. The number of allylic oxidation sites excluding steroid dienone is 1. The van der Waals surface area contributed by atoms with Crippen LogP contribution >= 0.6 is 0 Å². The molecule has 7 rings (SSSR count). The summed E-state index contributed by atoms with van der Waals surface area (Å²) < 4.78 is 7.85. The molecule has 0 saturated heterocycles. The van der Waals surface area contributed by atoms with Gasteiger partial charge in [0.05, 0.1) is 29.2 Å². The summed E-state index contributed by atoms with van der Waals surface area (Å²) in [6.07, 6.45) is 6.71. The highest BCUT2D eigenvalue weighted by atomic mass is 16.5. The predicted octanol–water partition coefficient (Wildman–Crippen LogP) is 5.91. The molecule has 0 spiro atoms. The average molecular weight is 642 g/mol. The second kappa shape index (κ2) is 12.9. The highest BCUT2D eigenvalue weighted by molar-refractivity contribution is 6.14. The number of rotatable bonds is 10. The zero-order chi connectivity index (χ0) is 33.3. The van der Waals surface area contributed by atoms with E-state index in [9.17, 15) is 14.7 Å². The van der Waals surface area contributed by atoms with Crippen LogP contribution in [0.25, 0.3) is 0 Å². The molecule has 2 amide bonds. The molecule has 242 valence electrons. The van der Waals surface area contributed by atoms with E-state index >= 15 is 0 Å². The number of fused-ring (bicyclic) bond motifs is 3. The maximum atomic E-state index is 14.0. The number of amides is 2. The average Bonchev–Trinajstić information content (AvgIpc) is 3.61. The van der Waals surface area contributed by atoms with Crippen molar-refractivity contribution in [2.45, 2.75) is 38.5 Å². The summed E-state index contributed by atoms with van der Waals surface area (Å²) in [5.41, 5.74) is 2.83. The van der Waals surface area contributed by atoms with E-state index in [1.807, 2.05) is 97.9 Å². The Morgan fingerprint density at radius 3 is 2.40 bits per heavy atom. The number of para-hydroxylation sites is 4. The molecule has 0 saturated carbocycles. The highest BCUT2D eigenvalue weighted by Gasteiger charge is 2.52. The Bertz CT molecular complexity index is 2000. The zero-order valence-electron chi connectivity index (χ0n) is 26.4. The standard InChI is InChI=1S/C38H35N5O5/c1-26(10-8-9-22-41-25-28(21-23-44)39-40-41)38(47)31-12-3-4-13-32(31)42(37(38)46)24-27-17-19-29(20-18-27)43-33-14-5-7-16-35(33)48-34-15-6-2-11-30(34)36(43)45/h2-8,10-20,25-26,44,47H,9,21-24H2,1H3/b10-8+/t26-,38+/m0/s1. The number of hydrogen-bond donors (Lipinski definition) is 2. The monoisotopic (exact) mass is 641 g/mol. The van der Waals surface area contributed by atoms with E-state index in [2.05, 4.69) is 10.3 Å². The summed E-state index contributed by atoms with van der Waals surface area (Å²) in [7, 11) is 0. The van der Waals surface area contributed by atoms with Gasteiger partial charge in [-0.2, -0.15) is 0 Å². The molecular weight excluding hydrogens is 606 g/mol. The number of benzene rings is 4. The van der Waals surface area contributed by atoms with E-state index in [-0.39, 0.29) is 25.0 Å². The van der Waals surface area contributed by atoms with Gasteiger partial charge in [-0.1, -0.05) is 78.9 Å².